The second kappa shape index (κ2) is 9.54. The zero-order valence-corrected chi connectivity index (χ0v) is 17.1. The summed E-state index contributed by atoms with van der Waals surface area (Å²) < 4.78 is 10.4. The van der Waals surface area contributed by atoms with Gasteiger partial charge in [0.05, 0.1) is 20.8 Å². The van der Waals surface area contributed by atoms with Gasteiger partial charge < -0.3 is 19.7 Å². The monoisotopic (exact) mass is 397 g/mol. The number of ether oxygens (including phenoxy) is 2. The third kappa shape index (κ3) is 5.34. The van der Waals surface area contributed by atoms with Crippen molar-refractivity contribution in [3.05, 3.63) is 53.6 Å². The van der Waals surface area contributed by atoms with E-state index < -0.39 is 0 Å². The van der Waals surface area contributed by atoms with E-state index in [4.69, 9.17) is 9.47 Å². The lowest BCUT2D eigenvalue weighted by atomic mass is 10.1. The summed E-state index contributed by atoms with van der Waals surface area (Å²) in [5.74, 6) is 0.809. The number of piperazine rings is 1. The summed E-state index contributed by atoms with van der Waals surface area (Å²) in [6, 6.07) is 12.0. The number of carbonyl (C=O) groups is 2. The van der Waals surface area contributed by atoms with Crippen LogP contribution in [-0.2, 0) is 0 Å². The molecule has 3 rings (SSSR count). The topological polar surface area (TPSA) is 71.1 Å². The van der Waals surface area contributed by atoms with Crippen molar-refractivity contribution < 1.29 is 19.1 Å². The molecule has 1 amide bonds. The number of rotatable bonds is 7. The fourth-order valence-electron chi connectivity index (χ4n) is 3.25. The molecule has 1 heterocycles. The Balaban J connectivity index is 1.66. The SMILES string of the molecule is COc1ccc(C(=O)Nc2cccc(C(=O)CN3CCN(C)CC3)c2)cc1OC. The maximum Gasteiger partial charge on any atom is 0.255 e. The predicted octanol–water partition coefficient (Wildman–Crippen LogP) is 2.39. The molecule has 29 heavy (non-hydrogen) atoms. The van der Waals surface area contributed by atoms with E-state index in [0.717, 1.165) is 26.2 Å². The van der Waals surface area contributed by atoms with Crippen LogP contribution in [0.1, 0.15) is 20.7 Å². The van der Waals surface area contributed by atoms with Crippen LogP contribution in [0.4, 0.5) is 5.69 Å². The lowest BCUT2D eigenvalue weighted by Gasteiger charge is -2.31. The van der Waals surface area contributed by atoms with Crippen LogP contribution in [-0.4, -0.2) is 75.5 Å². The maximum atomic E-state index is 12.7. The molecule has 0 bridgehead atoms. The molecule has 7 heteroatoms. The highest BCUT2D eigenvalue weighted by molar-refractivity contribution is 6.05. The number of hydrogen-bond donors (Lipinski definition) is 1. The summed E-state index contributed by atoms with van der Waals surface area (Å²) in [6.07, 6.45) is 0. The molecule has 1 fully saturated rings. The minimum Gasteiger partial charge on any atom is -0.493 e. The van der Waals surface area contributed by atoms with E-state index in [-0.39, 0.29) is 11.7 Å². The first-order valence-electron chi connectivity index (χ1n) is 9.57. The summed E-state index contributed by atoms with van der Waals surface area (Å²) in [7, 11) is 5.15. The van der Waals surface area contributed by atoms with Crippen molar-refractivity contribution in [2.75, 3.05) is 59.3 Å². The number of amides is 1. The number of anilines is 1. The van der Waals surface area contributed by atoms with E-state index in [9.17, 15) is 9.59 Å². The minimum atomic E-state index is -0.283. The fourth-order valence-corrected chi connectivity index (χ4v) is 3.25. The highest BCUT2D eigenvalue weighted by Gasteiger charge is 2.18. The van der Waals surface area contributed by atoms with Crippen LogP contribution in [0.3, 0.4) is 0 Å². The van der Waals surface area contributed by atoms with Gasteiger partial charge in [-0.1, -0.05) is 12.1 Å². The second-order valence-corrected chi connectivity index (χ2v) is 7.11. The van der Waals surface area contributed by atoms with Gasteiger partial charge in [0, 0.05) is 43.0 Å². The first-order chi connectivity index (χ1) is 14.0. The number of benzene rings is 2. The number of likely N-dealkylation sites (N-methyl/N-ethyl adjacent to an activating group) is 1. The first kappa shape index (κ1) is 20.8. The van der Waals surface area contributed by atoms with Crippen molar-refractivity contribution in [3.63, 3.8) is 0 Å². The number of nitrogens with one attached hydrogen (secondary N) is 1. The molecule has 7 nitrogen and oxygen atoms in total. The van der Waals surface area contributed by atoms with Crippen LogP contribution in [0.5, 0.6) is 11.5 Å². The summed E-state index contributed by atoms with van der Waals surface area (Å²) >= 11 is 0. The zero-order valence-electron chi connectivity index (χ0n) is 17.1. The third-order valence-electron chi connectivity index (χ3n) is 5.05. The molecule has 1 N–H and O–H groups in total. The molecule has 1 aliphatic heterocycles. The van der Waals surface area contributed by atoms with Gasteiger partial charge in [0.2, 0.25) is 0 Å². The van der Waals surface area contributed by atoms with Crippen LogP contribution in [0.25, 0.3) is 0 Å². The first-order valence-corrected chi connectivity index (χ1v) is 9.57. The Morgan fingerprint density at radius 2 is 1.66 bits per heavy atom. The highest BCUT2D eigenvalue weighted by Crippen LogP contribution is 2.28. The summed E-state index contributed by atoms with van der Waals surface area (Å²) in [5, 5.41) is 2.84. The number of Topliss-reactive ketones (excluding diaryl/α,β-unsaturated/α-hetero) is 1. The van der Waals surface area contributed by atoms with Crippen molar-refractivity contribution in [1.29, 1.82) is 0 Å². The van der Waals surface area contributed by atoms with Crippen LogP contribution >= 0.6 is 0 Å². The molecule has 154 valence electrons. The minimum absolute atomic E-state index is 0.0526. The summed E-state index contributed by atoms with van der Waals surface area (Å²) in [4.78, 5) is 29.7. The number of nitrogens with zero attached hydrogens (tertiary/aromatic N) is 2. The molecule has 0 unspecified atom stereocenters. The molecule has 0 aromatic heterocycles. The zero-order chi connectivity index (χ0) is 20.8. The molecular weight excluding hydrogens is 370 g/mol. The predicted molar refractivity (Wildman–Crippen MR) is 112 cm³/mol. The lowest BCUT2D eigenvalue weighted by molar-refractivity contribution is 0.0876. The molecule has 0 atom stereocenters. The average molecular weight is 397 g/mol. The number of methoxy groups -OCH3 is 2. The normalized spacial score (nSPS) is 15.0. The quantitative estimate of drug-likeness (QED) is 0.724. The molecular formula is C22H27N3O4. The second-order valence-electron chi connectivity index (χ2n) is 7.11. The molecule has 0 radical (unpaired) electrons. The van der Waals surface area contributed by atoms with Gasteiger partial charge in [-0.25, -0.2) is 0 Å². The summed E-state index contributed by atoms with van der Waals surface area (Å²) in [5.41, 5.74) is 1.61. The Kier molecular flexibility index (Phi) is 6.85. The molecule has 0 spiro atoms. The van der Waals surface area contributed by atoms with Gasteiger partial charge in [-0.3, -0.25) is 14.5 Å². The highest BCUT2D eigenvalue weighted by atomic mass is 16.5. The van der Waals surface area contributed by atoms with Crippen LogP contribution in [0, 0.1) is 0 Å². The lowest BCUT2D eigenvalue weighted by Crippen LogP contribution is -2.46. The fraction of sp³-hybridized carbons (Fsp3) is 0.364. The van der Waals surface area contributed by atoms with Gasteiger partial charge in [-0.2, -0.15) is 0 Å². The number of hydrogen-bond acceptors (Lipinski definition) is 6. The van der Waals surface area contributed by atoms with Crippen molar-refractivity contribution in [2.24, 2.45) is 0 Å². The Morgan fingerprint density at radius 3 is 2.34 bits per heavy atom. The van der Waals surface area contributed by atoms with Crippen molar-refractivity contribution in [3.8, 4) is 11.5 Å². The molecule has 1 aliphatic rings. The standard InChI is InChI=1S/C22H27N3O4/c1-24-9-11-25(12-10-24)15-19(26)16-5-4-6-18(13-16)23-22(27)17-7-8-20(28-2)21(14-17)29-3/h4-8,13-14H,9-12,15H2,1-3H3,(H,23,27). The largest absolute Gasteiger partial charge is 0.493 e. The van der Waals surface area contributed by atoms with Gasteiger partial charge in [0.25, 0.3) is 5.91 Å². The van der Waals surface area contributed by atoms with E-state index in [1.807, 2.05) is 0 Å². The Morgan fingerprint density at radius 1 is 0.931 bits per heavy atom. The maximum absolute atomic E-state index is 12.7. The van der Waals surface area contributed by atoms with E-state index >= 15 is 0 Å². The molecule has 1 saturated heterocycles. The molecule has 0 aliphatic carbocycles. The average Bonchev–Trinajstić information content (AvgIpc) is 2.75. The van der Waals surface area contributed by atoms with Gasteiger partial charge >= 0.3 is 0 Å². The Hall–Kier alpha value is -2.90. The van der Waals surface area contributed by atoms with Gasteiger partial charge in [-0.15, -0.1) is 0 Å². The van der Waals surface area contributed by atoms with Gasteiger partial charge in [0.15, 0.2) is 17.3 Å². The molecule has 2 aromatic rings. The van der Waals surface area contributed by atoms with Crippen LogP contribution in [0.15, 0.2) is 42.5 Å². The Labute approximate surface area is 171 Å². The van der Waals surface area contributed by atoms with Crippen molar-refractivity contribution >= 4 is 17.4 Å². The third-order valence-corrected chi connectivity index (χ3v) is 5.05. The Bertz CT molecular complexity index is 876. The molecule has 0 saturated carbocycles. The van der Waals surface area contributed by atoms with E-state index in [1.54, 1.807) is 49.6 Å². The van der Waals surface area contributed by atoms with Gasteiger partial charge in [0.1, 0.15) is 0 Å². The molecule has 2 aromatic carbocycles. The number of carbonyl (C=O) groups excluding carboxylic acids is 2. The van der Waals surface area contributed by atoms with Gasteiger partial charge in [-0.05, 0) is 37.4 Å². The van der Waals surface area contributed by atoms with E-state index in [2.05, 4.69) is 22.2 Å². The van der Waals surface area contributed by atoms with Crippen LogP contribution in [0.2, 0.25) is 0 Å². The van der Waals surface area contributed by atoms with E-state index in [0.29, 0.717) is 34.9 Å². The van der Waals surface area contributed by atoms with Crippen LogP contribution < -0.4 is 14.8 Å². The summed E-state index contributed by atoms with van der Waals surface area (Å²) in [6.45, 7) is 4.10. The number of ketones is 1. The van der Waals surface area contributed by atoms with Crippen molar-refractivity contribution in [2.45, 2.75) is 0 Å². The smallest absolute Gasteiger partial charge is 0.255 e. The van der Waals surface area contributed by atoms with E-state index in [1.165, 1.54) is 7.11 Å². The van der Waals surface area contributed by atoms with Crippen molar-refractivity contribution in [1.82, 2.24) is 9.80 Å².